The van der Waals surface area contributed by atoms with E-state index in [1.54, 1.807) is 47.6 Å². The number of hydrogen-bond acceptors (Lipinski definition) is 4. The number of aromatic nitrogens is 1. The molecule has 0 atom stereocenters. The molecule has 0 aliphatic rings. The Hall–Kier alpha value is -3.18. The zero-order valence-corrected chi connectivity index (χ0v) is 14.3. The summed E-state index contributed by atoms with van der Waals surface area (Å²) in [5.41, 5.74) is 1.45. The molecule has 2 aromatic carbocycles. The van der Waals surface area contributed by atoms with E-state index in [2.05, 4.69) is 4.98 Å². The SMILES string of the molecule is O=C(c1ccccc1Oc1cccnc1)N(CCO)Cc1ccccc1. The fourth-order valence-corrected chi connectivity index (χ4v) is 2.61. The van der Waals surface area contributed by atoms with Crippen LogP contribution < -0.4 is 4.74 Å². The lowest BCUT2D eigenvalue weighted by molar-refractivity contribution is 0.0705. The molecule has 132 valence electrons. The fraction of sp³-hybridized carbons (Fsp3) is 0.143. The number of carbonyl (C=O) groups is 1. The van der Waals surface area contributed by atoms with E-state index < -0.39 is 0 Å². The third-order valence-corrected chi connectivity index (χ3v) is 3.85. The first-order valence-electron chi connectivity index (χ1n) is 8.39. The summed E-state index contributed by atoms with van der Waals surface area (Å²) in [5.74, 6) is 0.827. The van der Waals surface area contributed by atoms with E-state index in [0.29, 0.717) is 23.6 Å². The molecule has 1 N–H and O–H groups in total. The number of aliphatic hydroxyl groups excluding tert-OH is 1. The van der Waals surface area contributed by atoms with Crippen molar-refractivity contribution in [2.75, 3.05) is 13.2 Å². The second-order valence-electron chi connectivity index (χ2n) is 5.72. The number of hydrogen-bond donors (Lipinski definition) is 1. The summed E-state index contributed by atoms with van der Waals surface area (Å²) in [5, 5.41) is 9.38. The largest absolute Gasteiger partial charge is 0.455 e. The molecule has 0 unspecified atom stereocenters. The van der Waals surface area contributed by atoms with Gasteiger partial charge in [-0.25, -0.2) is 0 Å². The van der Waals surface area contributed by atoms with Crippen molar-refractivity contribution < 1.29 is 14.6 Å². The second-order valence-corrected chi connectivity index (χ2v) is 5.72. The summed E-state index contributed by atoms with van der Waals surface area (Å²) < 4.78 is 5.84. The topological polar surface area (TPSA) is 62.7 Å². The second kappa shape index (κ2) is 8.78. The molecule has 0 fully saturated rings. The van der Waals surface area contributed by atoms with Crippen molar-refractivity contribution in [2.24, 2.45) is 0 Å². The predicted octanol–water partition coefficient (Wildman–Crippen LogP) is 3.51. The molecule has 0 bridgehead atoms. The minimum absolute atomic E-state index is 0.107. The average molecular weight is 348 g/mol. The highest BCUT2D eigenvalue weighted by Gasteiger charge is 2.20. The van der Waals surface area contributed by atoms with Crippen LogP contribution in [0.15, 0.2) is 79.1 Å². The summed E-state index contributed by atoms with van der Waals surface area (Å²) in [6.07, 6.45) is 3.25. The highest BCUT2D eigenvalue weighted by molar-refractivity contribution is 5.97. The first kappa shape index (κ1) is 17.6. The number of pyridine rings is 1. The predicted molar refractivity (Wildman–Crippen MR) is 99.0 cm³/mol. The van der Waals surface area contributed by atoms with E-state index in [0.717, 1.165) is 5.56 Å². The van der Waals surface area contributed by atoms with Crippen molar-refractivity contribution in [2.45, 2.75) is 6.54 Å². The monoisotopic (exact) mass is 348 g/mol. The zero-order valence-electron chi connectivity index (χ0n) is 14.3. The number of aliphatic hydroxyl groups is 1. The lowest BCUT2D eigenvalue weighted by Crippen LogP contribution is -2.33. The van der Waals surface area contributed by atoms with E-state index in [4.69, 9.17) is 4.74 Å². The molecule has 0 aliphatic heterocycles. The normalized spacial score (nSPS) is 10.3. The maximum absolute atomic E-state index is 13.1. The molecule has 1 aromatic heterocycles. The van der Waals surface area contributed by atoms with Crippen molar-refractivity contribution in [3.05, 3.63) is 90.3 Å². The number of carbonyl (C=O) groups excluding carboxylic acids is 1. The van der Waals surface area contributed by atoms with Gasteiger partial charge < -0.3 is 14.7 Å². The van der Waals surface area contributed by atoms with Gasteiger partial charge in [0.05, 0.1) is 18.4 Å². The highest BCUT2D eigenvalue weighted by atomic mass is 16.5. The van der Waals surface area contributed by atoms with Crippen LogP contribution in [0.25, 0.3) is 0 Å². The molecule has 0 saturated heterocycles. The minimum atomic E-state index is -0.192. The van der Waals surface area contributed by atoms with Crippen LogP contribution in [0.4, 0.5) is 0 Å². The molecule has 0 saturated carbocycles. The lowest BCUT2D eigenvalue weighted by atomic mass is 10.1. The van der Waals surface area contributed by atoms with Gasteiger partial charge >= 0.3 is 0 Å². The van der Waals surface area contributed by atoms with Gasteiger partial charge in [-0.3, -0.25) is 9.78 Å². The van der Waals surface area contributed by atoms with Gasteiger partial charge in [0.15, 0.2) is 0 Å². The van der Waals surface area contributed by atoms with E-state index in [1.807, 2.05) is 36.4 Å². The number of amides is 1. The summed E-state index contributed by atoms with van der Waals surface area (Å²) >= 11 is 0. The van der Waals surface area contributed by atoms with E-state index in [1.165, 1.54) is 0 Å². The van der Waals surface area contributed by atoms with Crippen LogP contribution in [0.3, 0.4) is 0 Å². The third kappa shape index (κ3) is 4.46. The van der Waals surface area contributed by atoms with E-state index in [9.17, 15) is 9.90 Å². The first-order chi connectivity index (χ1) is 12.8. The van der Waals surface area contributed by atoms with Gasteiger partial charge in [0.2, 0.25) is 0 Å². The van der Waals surface area contributed by atoms with Gasteiger partial charge in [-0.05, 0) is 29.8 Å². The molecule has 0 aliphatic carbocycles. The first-order valence-corrected chi connectivity index (χ1v) is 8.39. The Balaban J connectivity index is 1.85. The van der Waals surface area contributed by atoms with Crippen LogP contribution in [0.1, 0.15) is 15.9 Å². The van der Waals surface area contributed by atoms with Crippen LogP contribution in [-0.2, 0) is 6.54 Å². The molecular weight excluding hydrogens is 328 g/mol. The van der Waals surface area contributed by atoms with Gasteiger partial charge in [0, 0.05) is 19.3 Å². The molecular formula is C21H20N2O3. The molecule has 1 amide bonds. The van der Waals surface area contributed by atoms with Crippen molar-refractivity contribution in [3.8, 4) is 11.5 Å². The Bertz CT molecular complexity index is 838. The molecule has 0 radical (unpaired) electrons. The van der Waals surface area contributed by atoms with Crippen LogP contribution in [0.5, 0.6) is 11.5 Å². The maximum Gasteiger partial charge on any atom is 0.258 e. The van der Waals surface area contributed by atoms with Crippen LogP contribution in [-0.4, -0.2) is 34.0 Å². The molecule has 5 nitrogen and oxygen atoms in total. The smallest absolute Gasteiger partial charge is 0.258 e. The van der Waals surface area contributed by atoms with Gasteiger partial charge in [-0.1, -0.05) is 42.5 Å². The molecule has 3 aromatic rings. The molecule has 1 heterocycles. The number of para-hydroxylation sites is 1. The molecule has 3 rings (SSSR count). The molecule has 0 spiro atoms. The van der Waals surface area contributed by atoms with Crippen molar-refractivity contribution in [3.63, 3.8) is 0 Å². The number of ether oxygens (including phenoxy) is 1. The van der Waals surface area contributed by atoms with E-state index >= 15 is 0 Å². The van der Waals surface area contributed by atoms with Crippen molar-refractivity contribution >= 4 is 5.91 Å². The van der Waals surface area contributed by atoms with Crippen molar-refractivity contribution in [1.82, 2.24) is 9.88 Å². The Morgan fingerprint density at radius 2 is 1.77 bits per heavy atom. The Morgan fingerprint density at radius 1 is 1.00 bits per heavy atom. The van der Waals surface area contributed by atoms with Gasteiger partial charge in [-0.2, -0.15) is 0 Å². The highest BCUT2D eigenvalue weighted by Crippen LogP contribution is 2.26. The minimum Gasteiger partial charge on any atom is -0.455 e. The standard InChI is InChI=1S/C21H20N2O3/c24-14-13-23(16-17-7-2-1-3-8-17)21(25)19-10-4-5-11-20(19)26-18-9-6-12-22-15-18/h1-12,15,24H,13-14,16H2. The van der Waals surface area contributed by atoms with Crippen LogP contribution in [0.2, 0.25) is 0 Å². The van der Waals surface area contributed by atoms with Crippen molar-refractivity contribution in [1.29, 1.82) is 0 Å². The summed E-state index contributed by atoms with van der Waals surface area (Å²) in [4.78, 5) is 18.7. The summed E-state index contributed by atoms with van der Waals surface area (Å²) in [7, 11) is 0. The molecule has 5 heteroatoms. The summed E-state index contributed by atoms with van der Waals surface area (Å²) in [6.45, 7) is 0.556. The van der Waals surface area contributed by atoms with Crippen LogP contribution in [0, 0.1) is 0 Å². The number of nitrogens with zero attached hydrogens (tertiary/aromatic N) is 2. The van der Waals surface area contributed by atoms with Crippen LogP contribution >= 0.6 is 0 Å². The maximum atomic E-state index is 13.1. The quantitative estimate of drug-likeness (QED) is 0.710. The molecule has 26 heavy (non-hydrogen) atoms. The van der Waals surface area contributed by atoms with Gasteiger partial charge in [0.1, 0.15) is 11.5 Å². The Labute approximate surface area is 152 Å². The van der Waals surface area contributed by atoms with Gasteiger partial charge in [-0.15, -0.1) is 0 Å². The Kier molecular flexibility index (Phi) is 5.96. The zero-order chi connectivity index (χ0) is 18.2. The summed E-state index contributed by atoms with van der Waals surface area (Å²) in [6, 6.07) is 20.3. The van der Waals surface area contributed by atoms with Gasteiger partial charge in [0.25, 0.3) is 5.91 Å². The number of rotatable bonds is 7. The average Bonchev–Trinajstić information content (AvgIpc) is 2.69. The fourth-order valence-electron chi connectivity index (χ4n) is 2.61. The third-order valence-electron chi connectivity index (χ3n) is 3.85. The Morgan fingerprint density at radius 3 is 2.50 bits per heavy atom. The van der Waals surface area contributed by atoms with E-state index in [-0.39, 0.29) is 19.1 Å². The number of benzene rings is 2. The lowest BCUT2D eigenvalue weighted by Gasteiger charge is -2.23.